The average Bonchev–Trinajstić information content (AvgIpc) is 2.23. The summed E-state index contributed by atoms with van der Waals surface area (Å²) in [6.45, 7) is 10.6. The molecule has 1 N–H and O–H groups in total. The molecule has 1 heterocycles. The van der Waals surface area contributed by atoms with Gasteiger partial charge in [0.25, 0.3) is 0 Å². The molecule has 1 aliphatic heterocycles. The number of unbranched alkanes of at least 4 members (excludes halogenated alkanes) is 1. The van der Waals surface area contributed by atoms with Gasteiger partial charge in [0.05, 0.1) is 0 Å². The van der Waals surface area contributed by atoms with Gasteiger partial charge in [-0.3, -0.25) is 0 Å². The maximum Gasteiger partial charge on any atom is 0.0122 e. The van der Waals surface area contributed by atoms with Crippen molar-refractivity contribution in [3.63, 3.8) is 0 Å². The number of hydrogen-bond acceptors (Lipinski definition) is 2. The van der Waals surface area contributed by atoms with Crippen LogP contribution in [0.1, 0.15) is 53.4 Å². The molecule has 0 radical (unpaired) electrons. The van der Waals surface area contributed by atoms with Crippen LogP contribution in [0.3, 0.4) is 0 Å². The summed E-state index contributed by atoms with van der Waals surface area (Å²) < 4.78 is 0. The number of hydrogen-bond donors (Lipinski definition) is 1. The normalized spacial score (nSPS) is 33.9. The van der Waals surface area contributed by atoms with Gasteiger partial charge in [0, 0.05) is 24.7 Å². The van der Waals surface area contributed by atoms with Crippen molar-refractivity contribution >= 4 is 0 Å². The monoisotopic (exact) mass is 226 g/mol. The molecule has 0 bridgehead atoms. The third kappa shape index (κ3) is 4.06. The number of likely N-dealkylation sites (tertiary alicyclic amines) is 1. The number of rotatable bonds is 5. The summed E-state index contributed by atoms with van der Waals surface area (Å²) in [6, 6.07) is 2.13. The Bertz CT molecular complexity index is 193. The van der Waals surface area contributed by atoms with Crippen LogP contribution in [0.2, 0.25) is 0 Å². The molecule has 0 spiro atoms. The fraction of sp³-hybridized carbons (Fsp3) is 1.00. The lowest BCUT2D eigenvalue weighted by molar-refractivity contribution is 0.116. The van der Waals surface area contributed by atoms with Crippen LogP contribution in [0.4, 0.5) is 0 Å². The van der Waals surface area contributed by atoms with E-state index in [1.54, 1.807) is 0 Å². The molecule has 0 aromatic rings. The fourth-order valence-corrected chi connectivity index (χ4v) is 2.73. The van der Waals surface area contributed by atoms with Crippen LogP contribution in [0.5, 0.6) is 0 Å². The molecule has 1 aliphatic rings. The second kappa shape index (κ2) is 6.61. The summed E-state index contributed by atoms with van der Waals surface area (Å²) in [5, 5.41) is 3.83. The third-order valence-corrected chi connectivity index (χ3v) is 4.10. The minimum absolute atomic E-state index is 0.683. The Morgan fingerprint density at radius 3 is 2.69 bits per heavy atom. The van der Waals surface area contributed by atoms with Gasteiger partial charge in [-0.25, -0.2) is 0 Å². The van der Waals surface area contributed by atoms with E-state index in [-0.39, 0.29) is 0 Å². The Kier molecular flexibility index (Phi) is 5.77. The molecule has 96 valence electrons. The Labute approximate surface area is 102 Å². The van der Waals surface area contributed by atoms with Gasteiger partial charge in [-0.15, -0.1) is 0 Å². The molecule has 0 aromatic heterocycles. The summed E-state index contributed by atoms with van der Waals surface area (Å²) in [4.78, 5) is 2.49. The van der Waals surface area contributed by atoms with Crippen molar-refractivity contribution in [3.05, 3.63) is 0 Å². The van der Waals surface area contributed by atoms with Crippen molar-refractivity contribution < 1.29 is 0 Å². The van der Waals surface area contributed by atoms with Crippen LogP contribution in [0.15, 0.2) is 0 Å². The van der Waals surface area contributed by atoms with Crippen LogP contribution in [-0.2, 0) is 0 Å². The van der Waals surface area contributed by atoms with Crippen LogP contribution in [0.25, 0.3) is 0 Å². The lowest BCUT2D eigenvalue weighted by Gasteiger charge is -2.41. The van der Waals surface area contributed by atoms with E-state index in [1.807, 2.05) is 0 Å². The largest absolute Gasteiger partial charge is 0.311 e. The molecule has 2 nitrogen and oxygen atoms in total. The zero-order valence-electron chi connectivity index (χ0n) is 11.8. The first-order chi connectivity index (χ1) is 7.54. The topological polar surface area (TPSA) is 15.3 Å². The molecule has 1 rings (SSSR count). The van der Waals surface area contributed by atoms with E-state index in [0.29, 0.717) is 6.04 Å². The van der Waals surface area contributed by atoms with Crippen molar-refractivity contribution in [2.24, 2.45) is 5.92 Å². The van der Waals surface area contributed by atoms with Crippen molar-refractivity contribution in [1.29, 1.82) is 0 Å². The maximum absolute atomic E-state index is 3.83. The van der Waals surface area contributed by atoms with Gasteiger partial charge < -0.3 is 10.2 Å². The smallest absolute Gasteiger partial charge is 0.0122 e. The van der Waals surface area contributed by atoms with Gasteiger partial charge >= 0.3 is 0 Å². The molecule has 0 aromatic carbocycles. The molecule has 1 saturated heterocycles. The number of piperidine rings is 1. The Balaban J connectivity index is 2.35. The first kappa shape index (κ1) is 14.0. The van der Waals surface area contributed by atoms with E-state index >= 15 is 0 Å². The van der Waals surface area contributed by atoms with Gasteiger partial charge in [0.15, 0.2) is 0 Å². The molecule has 4 atom stereocenters. The molecular weight excluding hydrogens is 196 g/mol. The standard InChI is InChI=1S/C14H30N2/c1-6-7-8-12(3)15-14-9-13(4)16(5)10-11(14)2/h11-15H,6-10H2,1-5H3. The van der Waals surface area contributed by atoms with Crippen LogP contribution < -0.4 is 5.32 Å². The molecule has 2 heteroatoms. The zero-order chi connectivity index (χ0) is 12.1. The number of nitrogens with one attached hydrogen (secondary N) is 1. The Morgan fingerprint density at radius 1 is 1.38 bits per heavy atom. The first-order valence-corrected chi connectivity index (χ1v) is 7.00. The summed E-state index contributed by atoms with van der Waals surface area (Å²) in [6.07, 6.45) is 5.29. The minimum Gasteiger partial charge on any atom is -0.311 e. The Hall–Kier alpha value is -0.0800. The van der Waals surface area contributed by atoms with Crippen LogP contribution >= 0.6 is 0 Å². The van der Waals surface area contributed by atoms with Crippen molar-refractivity contribution in [1.82, 2.24) is 10.2 Å². The zero-order valence-corrected chi connectivity index (χ0v) is 11.8. The molecule has 1 fully saturated rings. The summed E-state index contributed by atoms with van der Waals surface area (Å²) in [5.41, 5.74) is 0. The highest BCUT2D eigenvalue weighted by molar-refractivity contribution is 4.87. The van der Waals surface area contributed by atoms with Gasteiger partial charge in [-0.05, 0) is 39.7 Å². The lowest BCUT2D eigenvalue weighted by Crippen LogP contribution is -2.52. The molecule has 0 saturated carbocycles. The van der Waals surface area contributed by atoms with E-state index in [1.165, 1.54) is 32.2 Å². The van der Waals surface area contributed by atoms with Crippen molar-refractivity contribution in [3.8, 4) is 0 Å². The SMILES string of the molecule is CCCCC(C)NC1CC(C)N(C)CC1C. The number of nitrogens with zero attached hydrogens (tertiary/aromatic N) is 1. The predicted molar refractivity (Wildman–Crippen MR) is 71.8 cm³/mol. The minimum atomic E-state index is 0.683. The van der Waals surface area contributed by atoms with Gasteiger partial charge in [-0.1, -0.05) is 26.7 Å². The molecule has 4 unspecified atom stereocenters. The van der Waals surface area contributed by atoms with E-state index in [9.17, 15) is 0 Å². The van der Waals surface area contributed by atoms with Crippen molar-refractivity contribution in [2.45, 2.75) is 71.5 Å². The predicted octanol–water partition coefficient (Wildman–Crippen LogP) is 2.88. The Morgan fingerprint density at radius 2 is 2.06 bits per heavy atom. The van der Waals surface area contributed by atoms with Crippen LogP contribution in [0, 0.1) is 5.92 Å². The first-order valence-electron chi connectivity index (χ1n) is 7.00. The fourth-order valence-electron chi connectivity index (χ4n) is 2.73. The second-order valence-electron chi connectivity index (χ2n) is 5.82. The van der Waals surface area contributed by atoms with E-state index in [0.717, 1.165) is 18.0 Å². The van der Waals surface area contributed by atoms with Gasteiger partial charge in [0.1, 0.15) is 0 Å². The summed E-state index contributed by atoms with van der Waals surface area (Å²) >= 11 is 0. The van der Waals surface area contributed by atoms with Gasteiger partial charge in [0.2, 0.25) is 0 Å². The van der Waals surface area contributed by atoms with E-state index < -0.39 is 0 Å². The highest BCUT2D eigenvalue weighted by Crippen LogP contribution is 2.21. The maximum atomic E-state index is 3.83. The third-order valence-electron chi connectivity index (χ3n) is 4.10. The molecular formula is C14H30N2. The quantitative estimate of drug-likeness (QED) is 0.775. The molecule has 0 aliphatic carbocycles. The summed E-state index contributed by atoms with van der Waals surface area (Å²) in [7, 11) is 2.25. The van der Waals surface area contributed by atoms with Crippen LogP contribution in [-0.4, -0.2) is 36.6 Å². The lowest BCUT2D eigenvalue weighted by atomic mass is 9.89. The summed E-state index contributed by atoms with van der Waals surface area (Å²) in [5.74, 6) is 0.783. The highest BCUT2D eigenvalue weighted by Gasteiger charge is 2.29. The van der Waals surface area contributed by atoms with Crippen molar-refractivity contribution in [2.75, 3.05) is 13.6 Å². The second-order valence-corrected chi connectivity index (χ2v) is 5.82. The van der Waals surface area contributed by atoms with E-state index in [2.05, 4.69) is 45.0 Å². The molecule has 0 amide bonds. The average molecular weight is 226 g/mol. The molecule has 16 heavy (non-hydrogen) atoms. The van der Waals surface area contributed by atoms with Gasteiger partial charge in [-0.2, -0.15) is 0 Å². The van der Waals surface area contributed by atoms with E-state index in [4.69, 9.17) is 0 Å². The highest BCUT2D eigenvalue weighted by atomic mass is 15.2.